The van der Waals surface area contributed by atoms with Gasteiger partial charge in [-0.3, -0.25) is 0 Å². The van der Waals surface area contributed by atoms with Crippen molar-refractivity contribution in [2.45, 2.75) is 6.04 Å². The van der Waals surface area contributed by atoms with E-state index in [0.29, 0.717) is 19.0 Å². The van der Waals surface area contributed by atoms with Crippen molar-refractivity contribution < 1.29 is 9.47 Å². The average Bonchev–Trinajstić information content (AvgIpc) is 2.30. The van der Waals surface area contributed by atoms with Crippen LogP contribution in [0.25, 0.3) is 0 Å². The molecule has 1 aromatic carbocycles. The Morgan fingerprint density at radius 1 is 1.33 bits per heavy atom. The van der Waals surface area contributed by atoms with E-state index in [9.17, 15) is 0 Å². The van der Waals surface area contributed by atoms with E-state index in [1.807, 2.05) is 18.2 Å². The fourth-order valence-electron chi connectivity index (χ4n) is 1.55. The van der Waals surface area contributed by atoms with Crippen LogP contribution in [0.15, 0.2) is 18.2 Å². The van der Waals surface area contributed by atoms with Gasteiger partial charge in [-0.15, -0.1) is 0 Å². The molecule has 1 aliphatic heterocycles. The highest BCUT2D eigenvalue weighted by molar-refractivity contribution is 5.45. The lowest BCUT2D eigenvalue weighted by Gasteiger charge is -2.19. The van der Waals surface area contributed by atoms with Crippen molar-refractivity contribution in [3.8, 4) is 17.6 Å². The number of nitrogens with zero attached hydrogens (tertiary/aromatic N) is 1. The summed E-state index contributed by atoms with van der Waals surface area (Å²) in [7, 11) is 1.75. The molecule has 0 saturated carbocycles. The van der Waals surface area contributed by atoms with Crippen molar-refractivity contribution in [3.63, 3.8) is 0 Å². The van der Waals surface area contributed by atoms with Gasteiger partial charge in [-0.2, -0.15) is 5.26 Å². The van der Waals surface area contributed by atoms with Crippen molar-refractivity contribution >= 4 is 0 Å². The maximum Gasteiger partial charge on any atom is 0.161 e. The summed E-state index contributed by atoms with van der Waals surface area (Å²) in [5.41, 5.74) is 0.893. The highest BCUT2D eigenvalue weighted by Gasteiger charge is 2.15. The van der Waals surface area contributed by atoms with E-state index in [2.05, 4.69) is 11.4 Å². The lowest BCUT2D eigenvalue weighted by atomic mass is 10.1. The van der Waals surface area contributed by atoms with E-state index in [-0.39, 0.29) is 6.04 Å². The fraction of sp³-hybridized carbons (Fsp3) is 0.364. The first kappa shape index (κ1) is 9.81. The molecule has 2 rings (SSSR count). The number of hydrogen-bond donors (Lipinski definition) is 1. The Balaban J connectivity index is 2.32. The first-order valence-electron chi connectivity index (χ1n) is 4.81. The predicted octanol–water partition coefficient (Wildman–Crippen LogP) is 1.24. The molecule has 1 atom stereocenters. The average molecular weight is 204 g/mol. The molecule has 4 heteroatoms. The van der Waals surface area contributed by atoms with Gasteiger partial charge in [-0.05, 0) is 24.7 Å². The molecule has 1 aromatic rings. The summed E-state index contributed by atoms with van der Waals surface area (Å²) in [5.74, 6) is 1.46. The zero-order chi connectivity index (χ0) is 10.7. The first-order chi connectivity index (χ1) is 7.35. The van der Waals surface area contributed by atoms with Crippen molar-refractivity contribution in [2.75, 3.05) is 20.3 Å². The molecular formula is C11H12N2O2. The zero-order valence-electron chi connectivity index (χ0n) is 8.49. The Morgan fingerprint density at radius 2 is 2.07 bits per heavy atom. The zero-order valence-corrected chi connectivity index (χ0v) is 8.49. The summed E-state index contributed by atoms with van der Waals surface area (Å²) in [6.07, 6.45) is 0. The van der Waals surface area contributed by atoms with Crippen LogP contribution in [-0.4, -0.2) is 20.3 Å². The van der Waals surface area contributed by atoms with Crippen molar-refractivity contribution in [2.24, 2.45) is 0 Å². The lowest BCUT2D eigenvalue weighted by Crippen LogP contribution is -2.17. The Kier molecular flexibility index (Phi) is 2.75. The summed E-state index contributed by atoms with van der Waals surface area (Å²) in [6, 6.07) is 7.42. The number of nitrogens with one attached hydrogen (secondary N) is 1. The third kappa shape index (κ3) is 1.88. The van der Waals surface area contributed by atoms with Crippen LogP contribution in [0, 0.1) is 11.3 Å². The Morgan fingerprint density at radius 3 is 2.73 bits per heavy atom. The SMILES string of the molecule is CNC(C#N)c1ccc2c(c1)OCCO2. The van der Waals surface area contributed by atoms with Gasteiger partial charge in [-0.25, -0.2) is 0 Å². The molecule has 1 aliphatic rings. The smallest absolute Gasteiger partial charge is 0.161 e. The van der Waals surface area contributed by atoms with Crippen LogP contribution in [0.3, 0.4) is 0 Å². The molecule has 1 N–H and O–H groups in total. The van der Waals surface area contributed by atoms with E-state index >= 15 is 0 Å². The van der Waals surface area contributed by atoms with Crippen LogP contribution in [0.1, 0.15) is 11.6 Å². The van der Waals surface area contributed by atoms with Gasteiger partial charge < -0.3 is 14.8 Å². The van der Waals surface area contributed by atoms with Gasteiger partial charge >= 0.3 is 0 Å². The quantitative estimate of drug-likeness (QED) is 0.787. The van der Waals surface area contributed by atoms with Crippen molar-refractivity contribution in [3.05, 3.63) is 23.8 Å². The molecule has 0 amide bonds. The minimum atomic E-state index is -0.305. The Bertz CT molecular complexity index is 398. The molecule has 0 saturated heterocycles. The molecule has 0 fully saturated rings. The van der Waals surface area contributed by atoms with Crippen LogP contribution < -0.4 is 14.8 Å². The second-order valence-electron chi connectivity index (χ2n) is 3.25. The maximum atomic E-state index is 8.90. The molecule has 4 nitrogen and oxygen atoms in total. The van der Waals surface area contributed by atoms with Gasteiger partial charge in [0.05, 0.1) is 6.07 Å². The van der Waals surface area contributed by atoms with E-state index in [1.54, 1.807) is 7.05 Å². The summed E-state index contributed by atoms with van der Waals surface area (Å²) in [5, 5.41) is 11.8. The number of rotatable bonds is 2. The highest BCUT2D eigenvalue weighted by atomic mass is 16.6. The number of hydrogen-bond acceptors (Lipinski definition) is 4. The number of benzene rings is 1. The molecule has 1 unspecified atom stereocenters. The van der Waals surface area contributed by atoms with Crippen LogP contribution in [0.4, 0.5) is 0 Å². The van der Waals surface area contributed by atoms with Gasteiger partial charge in [0.2, 0.25) is 0 Å². The molecular weight excluding hydrogens is 192 g/mol. The summed E-state index contributed by atoms with van der Waals surface area (Å²) >= 11 is 0. The van der Waals surface area contributed by atoms with E-state index in [4.69, 9.17) is 14.7 Å². The lowest BCUT2D eigenvalue weighted by molar-refractivity contribution is 0.171. The van der Waals surface area contributed by atoms with Gasteiger partial charge in [0, 0.05) is 0 Å². The van der Waals surface area contributed by atoms with E-state index < -0.39 is 0 Å². The minimum absolute atomic E-state index is 0.305. The minimum Gasteiger partial charge on any atom is -0.486 e. The van der Waals surface area contributed by atoms with Gasteiger partial charge in [0.25, 0.3) is 0 Å². The fourth-order valence-corrected chi connectivity index (χ4v) is 1.55. The highest BCUT2D eigenvalue weighted by Crippen LogP contribution is 2.32. The van der Waals surface area contributed by atoms with Crippen LogP contribution in [0.2, 0.25) is 0 Å². The van der Waals surface area contributed by atoms with Crippen molar-refractivity contribution in [1.82, 2.24) is 5.32 Å². The van der Waals surface area contributed by atoms with Crippen LogP contribution in [-0.2, 0) is 0 Å². The number of fused-ring (bicyclic) bond motifs is 1. The Labute approximate surface area is 88.4 Å². The summed E-state index contributed by atoms with van der Waals surface area (Å²) in [6.45, 7) is 1.15. The molecule has 15 heavy (non-hydrogen) atoms. The third-order valence-corrected chi connectivity index (χ3v) is 2.32. The Hall–Kier alpha value is -1.73. The standard InChI is InChI=1S/C11H12N2O2/c1-13-9(7-12)8-2-3-10-11(6-8)15-5-4-14-10/h2-3,6,9,13H,4-5H2,1H3. The van der Waals surface area contributed by atoms with Crippen LogP contribution >= 0.6 is 0 Å². The third-order valence-electron chi connectivity index (χ3n) is 2.32. The first-order valence-corrected chi connectivity index (χ1v) is 4.81. The maximum absolute atomic E-state index is 8.90. The molecule has 0 aromatic heterocycles. The molecule has 0 aliphatic carbocycles. The monoisotopic (exact) mass is 204 g/mol. The van der Waals surface area contributed by atoms with Gasteiger partial charge in [-0.1, -0.05) is 6.07 Å². The molecule has 1 heterocycles. The van der Waals surface area contributed by atoms with Gasteiger partial charge in [0.15, 0.2) is 11.5 Å². The second-order valence-corrected chi connectivity index (χ2v) is 3.25. The summed E-state index contributed by atoms with van der Waals surface area (Å²) in [4.78, 5) is 0. The van der Waals surface area contributed by atoms with E-state index in [0.717, 1.165) is 11.3 Å². The number of nitriles is 1. The largest absolute Gasteiger partial charge is 0.486 e. The van der Waals surface area contributed by atoms with E-state index in [1.165, 1.54) is 0 Å². The topological polar surface area (TPSA) is 54.3 Å². The second kappa shape index (κ2) is 4.20. The van der Waals surface area contributed by atoms with Crippen LogP contribution in [0.5, 0.6) is 11.5 Å². The number of ether oxygens (including phenoxy) is 2. The molecule has 0 radical (unpaired) electrons. The normalized spacial score (nSPS) is 15.5. The molecule has 0 bridgehead atoms. The summed E-state index contributed by atoms with van der Waals surface area (Å²) < 4.78 is 10.8. The van der Waals surface area contributed by atoms with Gasteiger partial charge in [0.1, 0.15) is 19.3 Å². The molecule has 78 valence electrons. The molecule has 0 spiro atoms. The van der Waals surface area contributed by atoms with Crippen molar-refractivity contribution in [1.29, 1.82) is 5.26 Å². The predicted molar refractivity (Wildman–Crippen MR) is 54.8 cm³/mol.